The van der Waals surface area contributed by atoms with Gasteiger partial charge in [-0.15, -0.1) is 0 Å². The fourth-order valence-corrected chi connectivity index (χ4v) is 1.65. The van der Waals surface area contributed by atoms with Crippen LogP contribution in [0.25, 0.3) is 0 Å². The Morgan fingerprint density at radius 2 is 1.73 bits per heavy atom. The number of hydrogen-bond acceptors (Lipinski definition) is 1. The van der Waals surface area contributed by atoms with Crippen LogP contribution in [-0.2, 0) is 0 Å². The molecule has 1 nitrogen and oxygen atoms in total. The molecule has 68 valence electrons. The van der Waals surface area contributed by atoms with Crippen molar-refractivity contribution in [1.82, 2.24) is 5.32 Å². The topological polar surface area (TPSA) is 12.0 Å². The molecule has 0 aromatic heterocycles. The van der Waals surface area contributed by atoms with Crippen LogP contribution in [-0.4, -0.2) is 13.6 Å². The molecule has 0 atom stereocenters. The van der Waals surface area contributed by atoms with Crippen molar-refractivity contribution in [3.63, 3.8) is 0 Å². The second kappa shape index (κ2) is 8.06. The summed E-state index contributed by atoms with van der Waals surface area (Å²) in [5.41, 5.74) is 0. The van der Waals surface area contributed by atoms with Gasteiger partial charge in [0.15, 0.2) is 0 Å². The molecule has 0 saturated heterocycles. The zero-order valence-electron chi connectivity index (χ0n) is 8.32. The minimum atomic E-state index is 1.05. The minimum Gasteiger partial charge on any atom is -0.320 e. The van der Waals surface area contributed by atoms with E-state index in [0.29, 0.717) is 0 Å². The van der Waals surface area contributed by atoms with Crippen LogP contribution >= 0.6 is 0 Å². The molecule has 1 aliphatic carbocycles. The van der Waals surface area contributed by atoms with E-state index in [1.807, 2.05) is 20.9 Å². The molecule has 0 spiro atoms. The van der Waals surface area contributed by atoms with Crippen LogP contribution in [0.15, 0.2) is 0 Å². The lowest BCUT2D eigenvalue weighted by Gasteiger charge is -2.06. The van der Waals surface area contributed by atoms with Crippen molar-refractivity contribution >= 4 is 0 Å². The molecule has 0 aliphatic heterocycles. The SMILES string of the molecule is CC.CNCCC1CCCC1. The summed E-state index contributed by atoms with van der Waals surface area (Å²) in [7, 11) is 2.04. The average Bonchev–Trinajstić information content (AvgIpc) is 2.57. The predicted octanol–water partition coefficient (Wildman–Crippen LogP) is 2.81. The molecule has 11 heavy (non-hydrogen) atoms. The molecule has 0 unspecified atom stereocenters. The second-order valence-corrected chi connectivity index (χ2v) is 3.04. The summed E-state index contributed by atoms with van der Waals surface area (Å²) >= 11 is 0. The van der Waals surface area contributed by atoms with Crippen molar-refractivity contribution in [2.45, 2.75) is 46.0 Å². The van der Waals surface area contributed by atoms with Gasteiger partial charge in [-0.05, 0) is 25.9 Å². The molecular formula is C10H23N. The van der Waals surface area contributed by atoms with E-state index in [-0.39, 0.29) is 0 Å². The van der Waals surface area contributed by atoms with E-state index in [9.17, 15) is 0 Å². The lowest BCUT2D eigenvalue weighted by molar-refractivity contribution is 0.491. The summed E-state index contributed by atoms with van der Waals surface area (Å²) in [6.07, 6.45) is 7.34. The van der Waals surface area contributed by atoms with Gasteiger partial charge in [0.2, 0.25) is 0 Å². The third-order valence-electron chi connectivity index (χ3n) is 2.28. The lowest BCUT2D eigenvalue weighted by atomic mass is 10.0. The normalized spacial score (nSPS) is 17.7. The van der Waals surface area contributed by atoms with Gasteiger partial charge in [-0.25, -0.2) is 0 Å². The van der Waals surface area contributed by atoms with Crippen LogP contribution in [0.1, 0.15) is 46.0 Å². The maximum atomic E-state index is 3.19. The van der Waals surface area contributed by atoms with Gasteiger partial charge < -0.3 is 5.32 Å². The summed E-state index contributed by atoms with van der Waals surface area (Å²) in [4.78, 5) is 0. The molecule has 1 saturated carbocycles. The molecule has 0 aromatic rings. The Balaban J connectivity index is 0.000000461. The highest BCUT2D eigenvalue weighted by atomic mass is 14.8. The zero-order valence-corrected chi connectivity index (χ0v) is 8.32. The van der Waals surface area contributed by atoms with Gasteiger partial charge in [0.05, 0.1) is 0 Å². The highest BCUT2D eigenvalue weighted by molar-refractivity contribution is 4.67. The number of rotatable bonds is 3. The number of nitrogens with one attached hydrogen (secondary N) is 1. The van der Waals surface area contributed by atoms with Crippen LogP contribution in [0.2, 0.25) is 0 Å². The van der Waals surface area contributed by atoms with Crippen molar-refractivity contribution < 1.29 is 0 Å². The molecule has 1 fully saturated rings. The maximum Gasteiger partial charge on any atom is -0.00493 e. The molecule has 1 aliphatic rings. The fraction of sp³-hybridized carbons (Fsp3) is 1.00. The van der Waals surface area contributed by atoms with E-state index in [2.05, 4.69) is 5.32 Å². The molecule has 0 bridgehead atoms. The first-order valence-corrected chi connectivity index (χ1v) is 5.08. The highest BCUT2D eigenvalue weighted by Gasteiger charge is 2.13. The van der Waals surface area contributed by atoms with E-state index in [1.165, 1.54) is 38.6 Å². The Morgan fingerprint density at radius 1 is 1.18 bits per heavy atom. The predicted molar refractivity (Wildman–Crippen MR) is 51.8 cm³/mol. The van der Waals surface area contributed by atoms with E-state index in [4.69, 9.17) is 0 Å². The molecule has 0 heterocycles. The summed E-state index contributed by atoms with van der Waals surface area (Å²) in [5.74, 6) is 1.05. The van der Waals surface area contributed by atoms with Crippen molar-refractivity contribution in [2.75, 3.05) is 13.6 Å². The molecule has 0 aromatic carbocycles. The van der Waals surface area contributed by atoms with Crippen LogP contribution in [0.3, 0.4) is 0 Å². The minimum absolute atomic E-state index is 1.05. The summed E-state index contributed by atoms with van der Waals surface area (Å²) in [6, 6.07) is 0. The summed E-state index contributed by atoms with van der Waals surface area (Å²) in [5, 5.41) is 3.19. The lowest BCUT2D eigenvalue weighted by Crippen LogP contribution is -2.11. The van der Waals surface area contributed by atoms with Gasteiger partial charge in [0, 0.05) is 0 Å². The summed E-state index contributed by atoms with van der Waals surface area (Å²) < 4.78 is 0. The monoisotopic (exact) mass is 157 g/mol. The molecule has 1 N–H and O–H groups in total. The third kappa shape index (κ3) is 5.25. The quantitative estimate of drug-likeness (QED) is 0.664. The molecular weight excluding hydrogens is 134 g/mol. The fourth-order valence-electron chi connectivity index (χ4n) is 1.65. The first kappa shape index (κ1) is 11.0. The molecule has 1 heteroatoms. The van der Waals surface area contributed by atoms with Crippen LogP contribution < -0.4 is 5.32 Å². The van der Waals surface area contributed by atoms with Gasteiger partial charge in [0.1, 0.15) is 0 Å². The third-order valence-corrected chi connectivity index (χ3v) is 2.28. The number of hydrogen-bond donors (Lipinski definition) is 1. The maximum absolute atomic E-state index is 3.19. The zero-order chi connectivity index (χ0) is 8.53. The Hall–Kier alpha value is -0.0400. The highest BCUT2D eigenvalue weighted by Crippen LogP contribution is 2.26. The Kier molecular flexibility index (Phi) is 8.03. The first-order valence-electron chi connectivity index (χ1n) is 5.08. The van der Waals surface area contributed by atoms with E-state index < -0.39 is 0 Å². The standard InChI is InChI=1S/C8H17N.C2H6/c1-9-7-6-8-4-2-3-5-8;1-2/h8-9H,2-7H2,1H3;1-2H3. The first-order chi connectivity index (χ1) is 5.43. The van der Waals surface area contributed by atoms with Crippen molar-refractivity contribution in [3.8, 4) is 0 Å². The molecule has 0 radical (unpaired) electrons. The Labute approximate surface area is 71.6 Å². The van der Waals surface area contributed by atoms with Crippen molar-refractivity contribution in [1.29, 1.82) is 0 Å². The summed E-state index contributed by atoms with van der Waals surface area (Å²) in [6.45, 7) is 5.21. The average molecular weight is 157 g/mol. The van der Waals surface area contributed by atoms with Crippen LogP contribution in [0, 0.1) is 5.92 Å². The van der Waals surface area contributed by atoms with E-state index >= 15 is 0 Å². The Bertz CT molecular complexity index is 65.3. The largest absolute Gasteiger partial charge is 0.320 e. The van der Waals surface area contributed by atoms with E-state index in [1.54, 1.807) is 0 Å². The van der Waals surface area contributed by atoms with Crippen LogP contribution in [0.5, 0.6) is 0 Å². The smallest absolute Gasteiger partial charge is 0.00493 e. The van der Waals surface area contributed by atoms with Crippen molar-refractivity contribution in [2.24, 2.45) is 5.92 Å². The Morgan fingerprint density at radius 3 is 2.18 bits per heavy atom. The van der Waals surface area contributed by atoms with Crippen molar-refractivity contribution in [3.05, 3.63) is 0 Å². The van der Waals surface area contributed by atoms with Gasteiger partial charge in [0.25, 0.3) is 0 Å². The van der Waals surface area contributed by atoms with E-state index in [0.717, 1.165) is 5.92 Å². The van der Waals surface area contributed by atoms with Gasteiger partial charge in [-0.1, -0.05) is 39.5 Å². The second-order valence-electron chi connectivity index (χ2n) is 3.04. The van der Waals surface area contributed by atoms with Gasteiger partial charge in [-0.3, -0.25) is 0 Å². The molecule has 0 amide bonds. The van der Waals surface area contributed by atoms with Gasteiger partial charge in [-0.2, -0.15) is 0 Å². The molecule has 1 rings (SSSR count). The van der Waals surface area contributed by atoms with Gasteiger partial charge >= 0.3 is 0 Å². The van der Waals surface area contributed by atoms with Crippen LogP contribution in [0.4, 0.5) is 0 Å².